The largest absolute Gasteiger partial charge is 0.477 e. The fraction of sp³-hybridized carbons (Fsp3) is 0.583. The molecule has 1 heterocycles. The summed E-state index contributed by atoms with van der Waals surface area (Å²) in [5.74, 6) is 0.396. The molecule has 0 aromatic carbocycles. The zero-order chi connectivity index (χ0) is 14.4. The highest BCUT2D eigenvalue weighted by molar-refractivity contribution is 9.10. The van der Waals surface area contributed by atoms with Crippen molar-refractivity contribution in [2.45, 2.75) is 33.2 Å². The van der Waals surface area contributed by atoms with E-state index in [9.17, 15) is 10.1 Å². The van der Waals surface area contributed by atoms with Crippen LogP contribution in [0, 0.1) is 17.0 Å². The highest BCUT2D eigenvalue weighted by Gasteiger charge is 2.17. The SMILES string of the molecule is Cc1c([N+](=O)[O-])cnc(OCCCNC(C)C)c1Br. The first-order chi connectivity index (χ1) is 8.93. The maximum absolute atomic E-state index is 10.7. The summed E-state index contributed by atoms with van der Waals surface area (Å²) in [6, 6.07) is 0.450. The van der Waals surface area contributed by atoms with Crippen LogP contribution in [-0.2, 0) is 0 Å². The highest BCUT2D eigenvalue weighted by atomic mass is 79.9. The molecule has 1 rings (SSSR count). The van der Waals surface area contributed by atoms with E-state index in [4.69, 9.17) is 4.74 Å². The summed E-state index contributed by atoms with van der Waals surface area (Å²) in [5, 5.41) is 14.0. The van der Waals surface area contributed by atoms with Crippen LogP contribution in [0.5, 0.6) is 5.88 Å². The van der Waals surface area contributed by atoms with Crippen molar-refractivity contribution in [1.82, 2.24) is 10.3 Å². The molecule has 106 valence electrons. The lowest BCUT2D eigenvalue weighted by Crippen LogP contribution is -2.24. The Hall–Kier alpha value is -1.21. The minimum Gasteiger partial charge on any atom is -0.477 e. The lowest BCUT2D eigenvalue weighted by molar-refractivity contribution is -0.385. The number of hydrogen-bond donors (Lipinski definition) is 1. The minimum atomic E-state index is -0.455. The van der Waals surface area contributed by atoms with Gasteiger partial charge in [-0.2, -0.15) is 0 Å². The molecule has 0 aliphatic carbocycles. The topological polar surface area (TPSA) is 77.3 Å². The van der Waals surface area contributed by atoms with Crippen LogP contribution in [0.3, 0.4) is 0 Å². The number of rotatable bonds is 7. The van der Waals surface area contributed by atoms with Gasteiger partial charge in [0.1, 0.15) is 6.20 Å². The molecule has 0 unspecified atom stereocenters. The molecule has 0 spiro atoms. The van der Waals surface area contributed by atoms with Crippen LogP contribution in [0.2, 0.25) is 0 Å². The molecule has 0 amide bonds. The van der Waals surface area contributed by atoms with E-state index in [0.29, 0.717) is 28.6 Å². The fourth-order valence-corrected chi connectivity index (χ4v) is 1.88. The van der Waals surface area contributed by atoms with Crippen molar-refractivity contribution in [2.75, 3.05) is 13.2 Å². The van der Waals surface area contributed by atoms with Crippen molar-refractivity contribution in [3.05, 3.63) is 26.3 Å². The normalized spacial score (nSPS) is 10.8. The summed E-state index contributed by atoms with van der Waals surface area (Å²) in [7, 11) is 0. The van der Waals surface area contributed by atoms with E-state index in [2.05, 4.69) is 40.1 Å². The van der Waals surface area contributed by atoms with Gasteiger partial charge in [0.2, 0.25) is 5.88 Å². The Kier molecular flexibility index (Phi) is 6.17. The van der Waals surface area contributed by atoms with Crippen molar-refractivity contribution in [3.8, 4) is 5.88 Å². The van der Waals surface area contributed by atoms with Gasteiger partial charge >= 0.3 is 0 Å². The number of nitro groups is 1. The summed E-state index contributed by atoms with van der Waals surface area (Å²) < 4.78 is 6.05. The van der Waals surface area contributed by atoms with Gasteiger partial charge in [0.05, 0.1) is 16.0 Å². The van der Waals surface area contributed by atoms with Crippen molar-refractivity contribution in [1.29, 1.82) is 0 Å². The van der Waals surface area contributed by atoms with Gasteiger partial charge in [0, 0.05) is 11.6 Å². The maximum atomic E-state index is 10.7. The molecule has 0 saturated heterocycles. The molecule has 1 N–H and O–H groups in total. The molecule has 19 heavy (non-hydrogen) atoms. The Bertz CT molecular complexity index is 452. The molecule has 0 aliphatic heterocycles. The quantitative estimate of drug-likeness (QED) is 0.472. The molecule has 6 nitrogen and oxygen atoms in total. The van der Waals surface area contributed by atoms with Crippen molar-refractivity contribution in [2.24, 2.45) is 0 Å². The molecule has 0 fully saturated rings. The Balaban J connectivity index is 2.56. The van der Waals surface area contributed by atoms with Crippen LogP contribution in [0.25, 0.3) is 0 Å². The van der Waals surface area contributed by atoms with Gasteiger partial charge in [0.25, 0.3) is 5.69 Å². The molecule has 0 radical (unpaired) electrons. The second-order valence-electron chi connectivity index (χ2n) is 4.46. The molecule has 0 aliphatic rings. The van der Waals surface area contributed by atoms with Crippen LogP contribution in [-0.4, -0.2) is 29.1 Å². The number of hydrogen-bond acceptors (Lipinski definition) is 5. The van der Waals surface area contributed by atoms with E-state index in [-0.39, 0.29) is 5.69 Å². The first-order valence-electron chi connectivity index (χ1n) is 6.09. The average Bonchev–Trinajstić information content (AvgIpc) is 2.33. The van der Waals surface area contributed by atoms with E-state index < -0.39 is 4.92 Å². The van der Waals surface area contributed by atoms with Crippen molar-refractivity contribution < 1.29 is 9.66 Å². The van der Waals surface area contributed by atoms with E-state index >= 15 is 0 Å². The number of nitrogens with one attached hydrogen (secondary N) is 1. The van der Waals surface area contributed by atoms with E-state index in [0.717, 1.165) is 13.0 Å². The van der Waals surface area contributed by atoms with Gasteiger partial charge in [-0.25, -0.2) is 4.98 Å². The first kappa shape index (κ1) is 15.8. The third-order valence-electron chi connectivity index (χ3n) is 2.51. The zero-order valence-corrected chi connectivity index (χ0v) is 12.9. The van der Waals surface area contributed by atoms with Gasteiger partial charge in [-0.1, -0.05) is 13.8 Å². The third kappa shape index (κ3) is 4.76. The molecule has 0 bridgehead atoms. The molecule has 0 saturated carbocycles. The predicted molar refractivity (Wildman–Crippen MR) is 76.6 cm³/mol. The summed E-state index contributed by atoms with van der Waals surface area (Å²) in [4.78, 5) is 14.3. The first-order valence-corrected chi connectivity index (χ1v) is 6.88. The molecular formula is C12H18BrN3O3. The lowest BCUT2D eigenvalue weighted by atomic mass is 10.2. The van der Waals surface area contributed by atoms with E-state index in [1.54, 1.807) is 6.92 Å². The maximum Gasteiger partial charge on any atom is 0.291 e. The highest BCUT2D eigenvalue weighted by Crippen LogP contribution is 2.31. The molecule has 1 aromatic heterocycles. The predicted octanol–water partition coefficient (Wildman–Crippen LogP) is 2.83. The Morgan fingerprint density at radius 2 is 2.26 bits per heavy atom. The molecule has 7 heteroatoms. The second-order valence-corrected chi connectivity index (χ2v) is 5.25. The van der Waals surface area contributed by atoms with Crippen LogP contribution in [0.4, 0.5) is 5.69 Å². The second kappa shape index (κ2) is 7.40. The molecule has 1 aromatic rings. The van der Waals surface area contributed by atoms with Gasteiger partial charge in [-0.3, -0.25) is 10.1 Å². The number of nitrogens with zero attached hydrogens (tertiary/aromatic N) is 2. The summed E-state index contributed by atoms with van der Waals surface area (Å²) in [5.41, 5.74) is 0.510. The van der Waals surface area contributed by atoms with Gasteiger partial charge < -0.3 is 10.1 Å². The molecular weight excluding hydrogens is 314 g/mol. The van der Waals surface area contributed by atoms with E-state index in [1.165, 1.54) is 6.20 Å². The van der Waals surface area contributed by atoms with Gasteiger partial charge in [0.15, 0.2) is 0 Å². The number of aromatic nitrogens is 1. The Labute approximate surface area is 120 Å². The van der Waals surface area contributed by atoms with E-state index in [1.807, 2.05) is 0 Å². The lowest BCUT2D eigenvalue weighted by Gasteiger charge is -2.10. The van der Waals surface area contributed by atoms with Crippen molar-refractivity contribution >= 4 is 21.6 Å². The number of halogens is 1. The van der Waals surface area contributed by atoms with Crippen LogP contribution in [0.15, 0.2) is 10.7 Å². The Morgan fingerprint density at radius 1 is 1.58 bits per heavy atom. The van der Waals surface area contributed by atoms with Gasteiger partial charge in [-0.15, -0.1) is 0 Å². The monoisotopic (exact) mass is 331 g/mol. The summed E-state index contributed by atoms with van der Waals surface area (Å²) >= 11 is 3.28. The average molecular weight is 332 g/mol. The Morgan fingerprint density at radius 3 is 2.84 bits per heavy atom. The van der Waals surface area contributed by atoms with Crippen molar-refractivity contribution in [3.63, 3.8) is 0 Å². The molecule has 0 atom stereocenters. The van der Waals surface area contributed by atoms with Gasteiger partial charge in [-0.05, 0) is 35.8 Å². The van der Waals surface area contributed by atoms with Crippen LogP contribution in [0.1, 0.15) is 25.8 Å². The summed E-state index contributed by atoms with van der Waals surface area (Å²) in [6.45, 7) is 7.21. The fourth-order valence-electron chi connectivity index (χ4n) is 1.46. The summed E-state index contributed by atoms with van der Waals surface area (Å²) in [6.07, 6.45) is 2.07. The smallest absolute Gasteiger partial charge is 0.291 e. The standard InChI is InChI=1S/C12H18BrN3O3/c1-8(2)14-5-4-6-19-12-11(13)9(3)10(7-15-12)16(17)18/h7-8,14H,4-6H2,1-3H3. The van der Waals surface area contributed by atoms with Crippen LogP contribution < -0.4 is 10.1 Å². The minimum absolute atomic E-state index is 0.0132. The van der Waals surface area contributed by atoms with Crippen LogP contribution >= 0.6 is 15.9 Å². The zero-order valence-electron chi connectivity index (χ0n) is 11.3. The third-order valence-corrected chi connectivity index (χ3v) is 3.45. The number of ether oxygens (including phenoxy) is 1. The number of pyridine rings is 1.